The number of hydrogen-bond donors (Lipinski definition) is 5. The quantitative estimate of drug-likeness (QED) is 0.287. The van der Waals surface area contributed by atoms with Crippen LogP contribution in [0.15, 0.2) is 47.8 Å². The van der Waals surface area contributed by atoms with Crippen LogP contribution < -0.4 is 5.32 Å². The number of carbonyl (C=O) groups is 2. The lowest BCUT2D eigenvalue weighted by Crippen LogP contribution is -2.52. The molecule has 2 amide bonds. The molecule has 8 nitrogen and oxygen atoms in total. The van der Waals surface area contributed by atoms with Gasteiger partial charge >= 0.3 is 0 Å². The topological polar surface area (TPSA) is 130 Å². The number of nitrogens with zero attached hydrogens (tertiary/aromatic N) is 1. The van der Waals surface area contributed by atoms with Crippen molar-refractivity contribution in [3.63, 3.8) is 0 Å². The Labute approximate surface area is 188 Å². The Balaban J connectivity index is 1.68. The van der Waals surface area contributed by atoms with Crippen LogP contribution in [0.25, 0.3) is 0 Å². The summed E-state index contributed by atoms with van der Waals surface area (Å²) in [6.07, 6.45) is 1.00. The predicted octanol–water partition coefficient (Wildman–Crippen LogP) is 2.55. The average molecular weight is 455 g/mol. The third-order valence-corrected chi connectivity index (χ3v) is 6.52. The molecule has 0 fully saturated rings. The van der Waals surface area contributed by atoms with Gasteiger partial charge in [0, 0.05) is 11.3 Å². The SMILES string of the molecule is O=CN1[C@H](C(=O)NCc2cccs2)Cc2cc(O)c(O)cc2[C@@H]1Cc1ccc(O)c(O)c1. The van der Waals surface area contributed by atoms with Gasteiger partial charge in [0.15, 0.2) is 23.0 Å². The first kappa shape index (κ1) is 21.5. The summed E-state index contributed by atoms with van der Waals surface area (Å²) in [6, 6.07) is 9.48. The maximum absolute atomic E-state index is 13.0. The van der Waals surface area contributed by atoms with Crippen LogP contribution in [0.1, 0.15) is 27.6 Å². The number of thiophene rings is 1. The van der Waals surface area contributed by atoms with E-state index in [0.29, 0.717) is 29.6 Å². The summed E-state index contributed by atoms with van der Waals surface area (Å²) in [5, 5.41) is 44.3. The molecular formula is C23H22N2O6S. The molecule has 0 saturated carbocycles. The van der Waals surface area contributed by atoms with E-state index in [9.17, 15) is 30.0 Å². The van der Waals surface area contributed by atoms with Crippen molar-refractivity contribution in [2.75, 3.05) is 0 Å². The molecule has 4 rings (SSSR count). The van der Waals surface area contributed by atoms with Crippen molar-refractivity contribution < 1.29 is 30.0 Å². The van der Waals surface area contributed by atoms with Crippen LogP contribution in [-0.2, 0) is 29.0 Å². The van der Waals surface area contributed by atoms with Crippen molar-refractivity contribution in [3.8, 4) is 23.0 Å². The van der Waals surface area contributed by atoms with Crippen molar-refractivity contribution in [1.29, 1.82) is 0 Å². The Hall–Kier alpha value is -3.72. The van der Waals surface area contributed by atoms with Crippen LogP contribution in [0.2, 0.25) is 0 Å². The van der Waals surface area contributed by atoms with Gasteiger partial charge in [0.05, 0.1) is 12.6 Å². The molecule has 32 heavy (non-hydrogen) atoms. The standard InChI is InChI=1S/C23H22N2O6S/c26-12-25-17(6-13-3-4-19(27)20(28)7-13)16-10-22(30)21(29)9-14(16)8-18(25)23(31)24-11-15-2-1-5-32-15/h1-5,7,9-10,12,17-18,27-30H,6,8,11H2,(H,24,31)/t17-,18-/m0/s1. The number of phenols is 4. The highest BCUT2D eigenvalue weighted by Gasteiger charge is 2.38. The summed E-state index contributed by atoms with van der Waals surface area (Å²) in [6.45, 7) is 0.337. The number of phenolic OH excluding ortho intramolecular Hbond substituents is 4. The van der Waals surface area contributed by atoms with Gasteiger partial charge in [0.1, 0.15) is 6.04 Å². The molecule has 2 aromatic carbocycles. The zero-order valence-corrected chi connectivity index (χ0v) is 17.7. The van der Waals surface area contributed by atoms with E-state index < -0.39 is 12.1 Å². The molecule has 2 atom stereocenters. The molecule has 2 heterocycles. The van der Waals surface area contributed by atoms with Crippen LogP contribution in [-0.4, -0.2) is 43.7 Å². The van der Waals surface area contributed by atoms with Crippen molar-refractivity contribution in [2.24, 2.45) is 0 Å². The Morgan fingerprint density at radius 3 is 2.50 bits per heavy atom. The number of fused-ring (bicyclic) bond motifs is 1. The van der Waals surface area contributed by atoms with Gasteiger partial charge in [-0.05, 0) is 58.8 Å². The van der Waals surface area contributed by atoms with Gasteiger partial charge in [-0.15, -0.1) is 11.3 Å². The minimum absolute atomic E-state index is 0.176. The Morgan fingerprint density at radius 1 is 1.06 bits per heavy atom. The fourth-order valence-electron chi connectivity index (χ4n) is 4.03. The smallest absolute Gasteiger partial charge is 0.243 e. The molecule has 3 aromatic rings. The van der Waals surface area contributed by atoms with E-state index in [1.165, 1.54) is 40.5 Å². The van der Waals surface area contributed by atoms with Gasteiger partial charge in [-0.1, -0.05) is 12.1 Å². The maximum atomic E-state index is 13.0. The highest BCUT2D eigenvalue weighted by Crippen LogP contribution is 2.40. The van der Waals surface area contributed by atoms with Gasteiger partial charge in [-0.3, -0.25) is 9.59 Å². The Morgan fingerprint density at radius 2 is 1.81 bits per heavy atom. The summed E-state index contributed by atoms with van der Waals surface area (Å²) in [7, 11) is 0. The maximum Gasteiger partial charge on any atom is 0.243 e. The van der Waals surface area contributed by atoms with Gasteiger partial charge < -0.3 is 30.6 Å². The average Bonchev–Trinajstić information content (AvgIpc) is 3.29. The summed E-state index contributed by atoms with van der Waals surface area (Å²) in [4.78, 5) is 27.5. The van der Waals surface area contributed by atoms with Crippen LogP contribution in [0.3, 0.4) is 0 Å². The first-order chi connectivity index (χ1) is 15.4. The molecule has 0 saturated heterocycles. The summed E-state index contributed by atoms with van der Waals surface area (Å²) in [5.74, 6) is -1.52. The van der Waals surface area contributed by atoms with Crippen molar-refractivity contribution in [1.82, 2.24) is 10.2 Å². The molecule has 166 valence electrons. The molecule has 1 aliphatic rings. The molecule has 1 aromatic heterocycles. The van der Waals surface area contributed by atoms with E-state index in [4.69, 9.17) is 0 Å². The van der Waals surface area contributed by atoms with E-state index in [1.807, 2.05) is 17.5 Å². The zero-order chi connectivity index (χ0) is 22.8. The lowest BCUT2D eigenvalue weighted by molar-refractivity contribution is -0.136. The van der Waals surface area contributed by atoms with Gasteiger partial charge in [-0.2, -0.15) is 0 Å². The minimum Gasteiger partial charge on any atom is -0.504 e. The lowest BCUT2D eigenvalue weighted by atomic mass is 9.84. The van der Waals surface area contributed by atoms with E-state index in [0.717, 1.165) is 4.88 Å². The number of hydrogen-bond acceptors (Lipinski definition) is 7. The number of nitrogens with one attached hydrogen (secondary N) is 1. The Bertz CT molecular complexity index is 1150. The number of carbonyl (C=O) groups excluding carboxylic acids is 2. The fourth-order valence-corrected chi connectivity index (χ4v) is 4.67. The van der Waals surface area contributed by atoms with E-state index >= 15 is 0 Å². The minimum atomic E-state index is -0.820. The number of aromatic hydroxyl groups is 4. The first-order valence-electron chi connectivity index (χ1n) is 9.95. The van der Waals surface area contributed by atoms with Gasteiger partial charge in [0.25, 0.3) is 0 Å². The second kappa shape index (κ2) is 8.80. The summed E-state index contributed by atoms with van der Waals surface area (Å²) < 4.78 is 0. The second-order valence-corrected chi connectivity index (χ2v) is 8.68. The number of benzene rings is 2. The number of rotatable bonds is 6. The molecule has 9 heteroatoms. The molecule has 5 N–H and O–H groups in total. The molecule has 0 spiro atoms. The summed E-state index contributed by atoms with van der Waals surface area (Å²) in [5.41, 5.74) is 1.86. The molecule has 0 radical (unpaired) electrons. The van der Waals surface area contributed by atoms with Gasteiger partial charge in [-0.25, -0.2) is 0 Å². The van der Waals surface area contributed by atoms with Gasteiger partial charge in [0.2, 0.25) is 12.3 Å². The van der Waals surface area contributed by atoms with Crippen LogP contribution >= 0.6 is 11.3 Å². The highest BCUT2D eigenvalue weighted by molar-refractivity contribution is 7.09. The molecular weight excluding hydrogens is 432 g/mol. The van der Waals surface area contributed by atoms with Crippen molar-refractivity contribution in [2.45, 2.75) is 31.5 Å². The zero-order valence-electron chi connectivity index (χ0n) is 16.9. The highest BCUT2D eigenvalue weighted by atomic mass is 32.1. The monoisotopic (exact) mass is 454 g/mol. The molecule has 0 bridgehead atoms. The van der Waals surface area contributed by atoms with Crippen LogP contribution in [0.4, 0.5) is 0 Å². The number of amides is 2. The third kappa shape index (κ3) is 4.19. The van der Waals surface area contributed by atoms with Crippen molar-refractivity contribution >= 4 is 23.7 Å². The largest absolute Gasteiger partial charge is 0.504 e. The predicted molar refractivity (Wildman–Crippen MR) is 118 cm³/mol. The first-order valence-corrected chi connectivity index (χ1v) is 10.8. The molecule has 1 aliphatic heterocycles. The summed E-state index contributed by atoms with van der Waals surface area (Å²) >= 11 is 1.51. The van der Waals surface area contributed by atoms with Crippen molar-refractivity contribution in [3.05, 3.63) is 69.4 Å². The van der Waals surface area contributed by atoms with Crippen LogP contribution in [0.5, 0.6) is 23.0 Å². The molecule has 0 aliphatic carbocycles. The molecule has 0 unspecified atom stereocenters. The lowest BCUT2D eigenvalue weighted by Gasteiger charge is -2.40. The van der Waals surface area contributed by atoms with E-state index in [-0.39, 0.29) is 41.7 Å². The normalized spacial score (nSPS) is 17.6. The third-order valence-electron chi connectivity index (χ3n) is 5.64. The van der Waals surface area contributed by atoms with E-state index in [2.05, 4.69) is 5.32 Å². The fraction of sp³-hybridized carbons (Fsp3) is 0.217. The van der Waals surface area contributed by atoms with E-state index in [1.54, 1.807) is 6.07 Å². The second-order valence-electron chi connectivity index (χ2n) is 7.65. The Kier molecular flexibility index (Phi) is 5.91. The van der Waals surface area contributed by atoms with Crippen LogP contribution in [0, 0.1) is 0 Å².